The van der Waals surface area contributed by atoms with Crippen molar-refractivity contribution in [3.8, 4) is 0 Å². The van der Waals surface area contributed by atoms with E-state index in [9.17, 15) is 13.2 Å². The molecule has 0 heterocycles. The molecule has 0 radical (unpaired) electrons. The molecule has 2 N–H and O–H groups in total. The number of hydrogen-bond donors (Lipinski definition) is 2. The Morgan fingerprint density at radius 1 is 1.20 bits per heavy atom. The molecular formula is C15H22F3NO. The first-order valence-electron chi connectivity index (χ1n) is 6.91. The molecule has 1 rings (SSSR count). The fourth-order valence-electron chi connectivity index (χ4n) is 1.88. The van der Waals surface area contributed by atoms with Gasteiger partial charge in [-0.1, -0.05) is 37.6 Å². The first-order chi connectivity index (χ1) is 9.34. The molecule has 0 amide bonds. The Morgan fingerprint density at radius 2 is 1.80 bits per heavy atom. The molecule has 2 atom stereocenters. The Kier molecular flexibility index (Phi) is 6.49. The highest BCUT2D eigenvalue weighted by molar-refractivity contribution is 5.24. The molecule has 2 nitrogen and oxygen atoms in total. The van der Waals surface area contributed by atoms with Crippen LogP contribution in [0.3, 0.4) is 0 Å². The third-order valence-corrected chi connectivity index (χ3v) is 3.29. The molecule has 1 aromatic rings. The van der Waals surface area contributed by atoms with Crippen LogP contribution in [0.1, 0.15) is 43.9 Å². The molecule has 0 fully saturated rings. The lowest BCUT2D eigenvalue weighted by Gasteiger charge is -2.19. The summed E-state index contributed by atoms with van der Waals surface area (Å²) in [5, 5.41) is 11.6. The van der Waals surface area contributed by atoms with Gasteiger partial charge in [-0.05, 0) is 30.9 Å². The summed E-state index contributed by atoms with van der Waals surface area (Å²) in [4.78, 5) is 0. The quantitative estimate of drug-likeness (QED) is 0.804. The van der Waals surface area contributed by atoms with Crippen LogP contribution >= 0.6 is 0 Å². The number of aryl methyl sites for hydroxylation is 1. The first-order valence-corrected chi connectivity index (χ1v) is 6.91. The number of unbranched alkanes of at least 4 members (excludes halogenated alkanes) is 1. The number of alkyl halides is 3. The largest absolute Gasteiger partial charge is 0.415 e. The van der Waals surface area contributed by atoms with E-state index in [0.29, 0.717) is 0 Å². The van der Waals surface area contributed by atoms with E-state index in [4.69, 9.17) is 5.11 Å². The highest BCUT2D eigenvalue weighted by Crippen LogP contribution is 2.20. The van der Waals surface area contributed by atoms with Gasteiger partial charge in [0.05, 0.1) is 0 Å². The highest BCUT2D eigenvalue weighted by atomic mass is 19.4. The van der Waals surface area contributed by atoms with Crippen molar-refractivity contribution in [2.75, 3.05) is 6.54 Å². The predicted octanol–water partition coefficient (Wildman–Crippen LogP) is 3.60. The van der Waals surface area contributed by atoms with Crippen LogP contribution in [0.15, 0.2) is 24.3 Å². The van der Waals surface area contributed by atoms with Gasteiger partial charge in [-0.3, -0.25) is 0 Å². The molecule has 114 valence electrons. The summed E-state index contributed by atoms with van der Waals surface area (Å²) < 4.78 is 36.5. The van der Waals surface area contributed by atoms with Crippen LogP contribution in [0.2, 0.25) is 0 Å². The van der Waals surface area contributed by atoms with E-state index >= 15 is 0 Å². The smallest absolute Gasteiger partial charge is 0.382 e. The second-order valence-electron chi connectivity index (χ2n) is 5.03. The summed E-state index contributed by atoms with van der Waals surface area (Å²) in [6.07, 6.45) is -3.61. The van der Waals surface area contributed by atoms with Gasteiger partial charge in [-0.25, -0.2) is 0 Å². The third kappa shape index (κ3) is 5.51. The zero-order valence-corrected chi connectivity index (χ0v) is 11.9. The van der Waals surface area contributed by atoms with E-state index < -0.39 is 18.8 Å². The van der Waals surface area contributed by atoms with Gasteiger partial charge in [-0.15, -0.1) is 0 Å². The van der Waals surface area contributed by atoms with E-state index in [-0.39, 0.29) is 6.04 Å². The molecular weight excluding hydrogens is 267 g/mol. The van der Waals surface area contributed by atoms with Crippen molar-refractivity contribution in [3.63, 3.8) is 0 Å². The molecule has 0 saturated carbocycles. The monoisotopic (exact) mass is 289 g/mol. The molecule has 0 aliphatic rings. The van der Waals surface area contributed by atoms with Gasteiger partial charge in [0.15, 0.2) is 6.10 Å². The minimum atomic E-state index is -4.57. The second-order valence-corrected chi connectivity index (χ2v) is 5.03. The van der Waals surface area contributed by atoms with Crippen LogP contribution in [0.25, 0.3) is 0 Å². The van der Waals surface area contributed by atoms with Crippen LogP contribution in [-0.2, 0) is 6.42 Å². The molecule has 0 bridgehead atoms. The number of rotatable bonds is 7. The maximum Gasteiger partial charge on any atom is 0.415 e. The lowest BCUT2D eigenvalue weighted by atomic mass is 10.0. The topological polar surface area (TPSA) is 32.3 Å². The fraction of sp³-hybridized carbons (Fsp3) is 0.600. The zero-order chi connectivity index (χ0) is 15.2. The second kappa shape index (κ2) is 7.64. The van der Waals surface area contributed by atoms with Gasteiger partial charge in [0.25, 0.3) is 0 Å². The van der Waals surface area contributed by atoms with Gasteiger partial charge >= 0.3 is 6.18 Å². The predicted molar refractivity (Wildman–Crippen MR) is 73.5 cm³/mol. The summed E-state index contributed by atoms with van der Waals surface area (Å²) in [6.45, 7) is 3.42. The van der Waals surface area contributed by atoms with Crippen molar-refractivity contribution in [2.45, 2.75) is 51.4 Å². The SMILES string of the molecule is CCCCc1ccc(C(C)NCC(O)C(F)(F)F)cc1. The Morgan fingerprint density at radius 3 is 2.30 bits per heavy atom. The molecule has 0 spiro atoms. The lowest BCUT2D eigenvalue weighted by Crippen LogP contribution is -2.39. The van der Waals surface area contributed by atoms with E-state index in [0.717, 1.165) is 24.8 Å². The van der Waals surface area contributed by atoms with Crippen molar-refractivity contribution in [3.05, 3.63) is 35.4 Å². The lowest BCUT2D eigenvalue weighted by molar-refractivity contribution is -0.202. The fourth-order valence-corrected chi connectivity index (χ4v) is 1.88. The minimum Gasteiger partial charge on any atom is -0.382 e. The molecule has 0 aliphatic heterocycles. The number of halogens is 3. The number of aliphatic hydroxyl groups is 1. The van der Waals surface area contributed by atoms with Crippen LogP contribution < -0.4 is 5.32 Å². The average molecular weight is 289 g/mol. The first kappa shape index (κ1) is 17.0. The van der Waals surface area contributed by atoms with Crippen molar-refractivity contribution >= 4 is 0 Å². The zero-order valence-electron chi connectivity index (χ0n) is 11.9. The van der Waals surface area contributed by atoms with E-state index in [2.05, 4.69) is 12.2 Å². The molecule has 20 heavy (non-hydrogen) atoms. The van der Waals surface area contributed by atoms with Crippen LogP contribution in [-0.4, -0.2) is 23.9 Å². The third-order valence-electron chi connectivity index (χ3n) is 3.29. The van der Waals surface area contributed by atoms with Crippen LogP contribution in [0.5, 0.6) is 0 Å². The Labute approximate surface area is 118 Å². The van der Waals surface area contributed by atoms with Crippen molar-refractivity contribution < 1.29 is 18.3 Å². The van der Waals surface area contributed by atoms with Crippen molar-refractivity contribution in [1.29, 1.82) is 0 Å². The van der Waals surface area contributed by atoms with Gasteiger partial charge in [0, 0.05) is 12.6 Å². The molecule has 2 unspecified atom stereocenters. The van der Waals surface area contributed by atoms with Crippen molar-refractivity contribution in [2.24, 2.45) is 0 Å². The minimum absolute atomic E-state index is 0.229. The van der Waals surface area contributed by atoms with Gasteiger partial charge in [0.2, 0.25) is 0 Å². The summed E-state index contributed by atoms with van der Waals surface area (Å²) in [7, 11) is 0. The molecule has 0 aromatic heterocycles. The van der Waals surface area contributed by atoms with Crippen LogP contribution in [0, 0.1) is 0 Å². The van der Waals surface area contributed by atoms with Gasteiger partial charge in [0.1, 0.15) is 0 Å². The van der Waals surface area contributed by atoms with E-state index in [1.165, 1.54) is 5.56 Å². The molecule has 5 heteroatoms. The maximum atomic E-state index is 12.2. The summed E-state index contributed by atoms with van der Waals surface area (Å²) in [5.74, 6) is 0. The van der Waals surface area contributed by atoms with E-state index in [1.807, 2.05) is 24.3 Å². The Balaban J connectivity index is 2.49. The molecule has 1 aromatic carbocycles. The average Bonchev–Trinajstić information content (AvgIpc) is 2.41. The van der Waals surface area contributed by atoms with Gasteiger partial charge in [-0.2, -0.15) is 13.2 Å². The highest BCUT2D eigenvalue weighted by Gasteiger charge is 2.37. The maximum absolute atomic E-state index is 12.2. The standard InChI is InChI=1S/C15H22F3NO/c1-3-4-5-12-6-8-13(9-7-12)11(2)19-10-14(20)15(16,17)18/h6-9,11,14,19-20H,3-5,10H2,1-2H3. The van der Waals surface area contributed by atoms with E-state index in [1.54, 1.807) is 6.92 Å². The number of benzene rings is 1. The van der Waals surface area contributed by atoms with Crippen LogP contribution in [0.4, 0.5) is 13.2 Å². The number of nitrogens with one attached hydrogen (secondary N) is 1. The molecule has 0 aliphatic carbocycles. The normalized spacial score (nSPS) is 15.1. The molecule has 0 saturated heterocycles. The Hall–Kier alpha value is -1.07. The van der Waals surface area contributed by atoms with Gasteiger partial charge < -0.3 is 10.4 Å². The summed E-state index contributed by atoms with van der Waals surface area (Å²) in [5.41, 5.74) is 2.15. The number of hydrogen-bond acceptors (Lipinski definition) is 2. The Bertz CT molecular complexity index is 389. The summed E-state index contributed by atoms with van der Waals surface area (Å²) in [6, 6.07) is 7.62. The summed E-state index contributed by atoms with van der Waals surface area (Å²) >= 11 is 0. The van der Waals surface area contributed by atoms with Crippen molar-refractivity contribution in [1.82, 2.24) is 5.32 Å². The number of aliphatic hydroxyl groups excluding tert-OH is 1.